The zero-order valence-corrected chi connectivity index (χ0v) is 12.9. The average molecular weight is 349 g/mol. The number of amides is 1. The van der Waals surface area contributed by atoms with Gasteiger partial charge in [-0.2, -0.15) is 0 Å². The molecule has 19 heavy (non-hydrogen) atoms. The van der Waals surface area contributed by atoms with Crippen LogP contribution in [0.3, 0.4) is 0 Å². The maximum absolute atomic E-state index is 11.7. The zero-order chi connectivity index (χ0) is 13.9. The summed E-state index contributed by atoms with van der Waals surface area (Å²) >= 11 is 9.30. The third kappa shape index (κ3) is 4.09. The summed E-state index contributed by atoms with van der Waals surface area (Å²) < 4.78 is 11.4. The van der Waals surface area contributed by atoms with E-state index in [9.17, 15) is 4.79 Å². The van der Waals surface area contributed by atoms with Crippen LogP contribution in [0.4, 0.5) is 0 Å². The lowest BCUT2D eigenvalue weighted by Crippen LogP contribution is -2.49. The summed E-state index contributed by atoms with van der Waals surface area (Å²) in [4.78, 5) is 11.7. The predicted octanol–water partition coefficient (Wildman–Crippen LogP) is 2.63. The van der Waals surface area contributed by atoms with Crippen molar-refractivity contribution in [3.05, 3.63) is 27.7 Å². The van der Waals surface area contributed by atoms with Crippen molar-refractivity contribution in [2.24, 2.45) is 5.41 Å². The third-order valence-electron chi connectivity index (χ3n) is 2.87. The number of hydrogen-bond acceptors (Lipinski definition) is 3. The molecule has 0 radical (unpaired) electrons. The van der Waals surface area contributed by atoms with Gasteiger partial charge < -0.3 is 14.8 Å². The van der Waals surface area contributed by atoms with Crippen LogP contribution in [0.5, 0.6) is 5.75 Å². The van der Waals surface area contributed by atoms with Crippen molar-refractivity contribution in [1.82, 2.24) is 5.32 Å². The molecular weight excluding hydrogens is 334 g/mol. The van der Waals surface area contributed by atoms with E-state index in [4.69, 9.17) is 21.1 Å². The smallest absolute Gasteiger partial charge is 0.257 e. The van der Waals surface area contributed by atoms with Crippen LogP contribution in [0, 0.1) is 5.41 Å². The van der Waals surface area contributed by atoms with Gasteiger partial charge in [0.2, 0.25) is 0 Å². The van der Waals surface area contributed by atoms with Gasteiger partial charge in [-0.05, 0) is 18.2 Å². The third-order valence-corrected chi connectivity index (χ3v) is 3.65. The molecule has 0 saturated carbocycles. The minimum absolute atomic E-state index is 0.0434. The molecule has 1 N–H and O–H groups in total. The molecule has 4 nitrogen and oxygen atoms in total. The van der Waals surface area contributed by atoms with Gasteiger partial charge in [0.05, 0.1) is 18.2 Å². The summed E-state index contributed by atoms with van der Waals surface area (Å²) in [7, 11) is 0. The van der Waals surface area contributed by atoms with Crippen molar-refractivity contribution >= 4 is 33.4 Å². The summed E-state index contributed by atoms with van der Waals surface area (Å²) in [5.41, 5.74) is 0.0604. The van der Waals surface area contributed by atoms with Crippen LogP contribution in [-0.2, 0) is 9.53 Å². The summed E-state index contributed by atoms with van der Waals surface area (Å²) in [6.45, 7) is 4.00. The van der Waals surface area contributed by atoms with Gasteiger partial charge in [-0.1, -0.05) is 34.5 Å². The second-order valence-corrected chi connectivity index (χ2v) is 6.27. The van der Waals surface area contributed by atoms with Crippen LogP contribution in [-0.4, -0.2) is 32.3 Å². The number of benzene rings is 1. The van der Waals surface area contributed by atoms with Gasteiger partial charge in [0.25, 0.3) is 5.91 Å². The molecule has 1 heterocycles. The van der Waals surface area contributed by atoms with E-state index >= 15 is 0 Å². The Balaban J connectivity index is 1.76. The fourth-order valence-corrected chi connectivity index (χ4v) is 2.38. The van der Waals surface area contributed by atoms with Crippen molar-refractivity contribution in [3.63, 3.8) is 0 Å². The first-order valence-corrected chi connectivity index (χ1v) is 7.08. The molecule has 1 aliphatic rings. The highest BCUT2D eigenvalue weighted by atomic mass is 79.9. The lowest BCUT2D eigenvalue weighted by molar-refractivity contribution is -0.128. The van der Waals surface area contributed by atoms with E-state index in [2.05, 4.69) is 28.2 Å². The standard InChI is InChI=1S/C13H15BrClNO3/c1-13(7-18-8-13)6-16-12(17)5-19-11-3-2-9(14)4-10(11)15/h2-4H,5-8H2,1H3,(H,16,17). The van der Waals surface area contributed by atoms with Crippen LogP contribution in [0.1, 0.15) is 6.92 Å². The minimum Gasteiger partial charge on any atom is -0.482 e. The first kappa shape index (κ1) is 14.6. The van der Waals surface area contributed by atoms with E-state index in [0.717, 1.165) is 4.47 Å². The van der Waals surface area contributed by atoms with Crippen molar-refractivity contribution in [3.8, 4) is 5.75 Å². The number of nitrogens with one attached hydrogen (secondary N) is 1. The molecule has 1 amide bonds. The normalized spacial score (nSPS) is 16.6. The monoisotopic (exact) mass is 347 g/mol. The van der Waals surface area contributed by atoms with Crippen LogP contribution in [0.15, 0.2) is 22.7 Å². The Morgan fingerprint density at radius 2 is 2.32 bits per heavy atom. The summed E-state index contributed by atoms with van der Waals surface area (Å²) in [6.07, 6.45) is 0. The number of carbonyl (C=O) groups excluding carboxylic acids is 1. The van der Waals surface area contributed by atoms with E-state index in [1.54, 1.807) is 12.1 Å². The minimum atomic E-state index is -0.160. The lowest BCUT2D eigenvalue weighted by Gasteiger charge is -2.37. The van der Waals surface area contributed by atoms with Gasteiger partial charge in [-0.15, -0.1) is 0 Å². The molecule has 0 bridgehead atoms. The molecule has 0 atom stereocenters. The van der Waals surface area contributed by atoms with Crippen molar-refractivity contribution in [2.45, 2.75) is 6.92 Å². The van der Waals surface area contributed by atoms with Gasteiger partial charge in [-0.25, -0.2) is 0 Å². The van der Waals surface area contributed by atoms with Crippen molar-refractivity contribution < 1.29 is 14.3 Å². The van der Waals surface area contributed by atoms with Crippen LogP contribution >= 0.6 is 27.5 Å². The summed E-state index contributed by atoms with van der Waals surface area (Å²) in [5.74, 6) is 0.338. The van der Waals surface area contributed by atoms with E-state index < -0.39 is 0 Å². The second kappa shape index (κ2) is 6.11. The Labute approximate surface area is 125 Å². The van der Waals surface area contributed by atoms with Gasteiger partial charge in [0.1, 0.15) is 5.75 Å². The number of rotatable bonds is 5. The molecule has 104 valence electrons. The number of halogens is 2. The summed E-state index contributed by atoms with van der Waals surface area (Å²) in [6, 6.07) is 5.26. The van der Waals surface area contributed by atoms with Gasteiger partial charge in [0.15, 0.2) is 6.61 Å². The van der Waals surface area contributed by atoms with E-state index in [1.807, 2.05) is 6.07 Å². The number of carbonyl (C=O) groups is 1. The Morgan fingerprint density at radius 1 is 1.58 bits per heavy atom. The lowest BCUT2D eigenvalue weighted by atomic mass is 9.89. The topological polar surface area (TPSA) is 47.6 Å². The summed E-state index contributed by atoms with van der Waals surface area (Å²) in [5, 5.41) is 3.30. The molecule has 0 spiro atoms. The second-order valence-electron chi connectivity index (χ2n) is 4.94. The quantitative estimate of drug-likeness (QED) is 0.890. The average Bonchev–Trinajstić information content (AvgIpc) is 2.33. The molecule has 0 aromatic heterocycles. The first-order valence-electron chi connectivity index (χ1n) is 5.91. The van der Waals surface area contributed by atoms with Crippen LogP contribution in [0.25, 0.3) is 0 Å². The molecule has 1 aliphatic heterocycles. The van der Waals surface area contributed by atoms with Crippen molar-refractivity contribution in [2.75, 3.05) is 26.4 Å². The number of ether oxygens (including phenoxy) is 2. The molecule has 0 unspecified atom stereocenters. The molecular formula is C13H15BrClNO3. The van der Waals surface area contributed by atoms with Crippen molar-refractivity contribution in [1.29, 1.82) is 0 Å². The SMILES string of the molecule is CC1(CNC(=O)COc2ccc(Br)cc2Cl)COC1. The molecule has 1 aromatic rings. The van der Waals surface area contributed by atoms with Crippen LogP contribution < -0.4 is 10.1 Å². The Morgan fingerprint density at radius 3 is 2.89 bits per heavy atom. The zero-order valence-electron chi connectivity index (χ0n) is 10.5. The molecule has 2 rings (SSSR count). The molecule has 6 heteroatoms. The first-order chi connectivity index (χ1) is 8.98. The van der Waals surface area contributed by atoms with E-state index in [0.29, 0.717) is 30.5 Å². The van der Waals surface area contributed by atoms with Gasteiger partial charge in [0, 0.05) is 16.4 Å². The Hall–Kier alpha value is -0.780. The highest BCUT2D eigenvalue weighted by Crippen LogP contribution is 2.28. The predicted molar refractivity (Wildman–Crippen MR) is 76.6 cm³/mol. The highest BCUT2D eigenvalue weighted by molar-refractivity contribution is 9.10. The maximum atomic E-state index is 11.7. The molecule has 1 saturated heterocycles. The Bertz CT molecular complexity index is 477. The highest BCUT2D eigenvalue weighted by Gasteiger charge is 2.33. The largest absolute Gasteiger partial charge is 0.482 e. The molecule has 1 fully saturated rings. The van der Waals surface area contributed by atoms with Crippen LogP contribution in [0.2, 0.25) is 5.02 Å². The van der Waals surface area contributed by atoms with E-state index in [1.165, 1.54) is 0 Å². The Kier molecular flexibility index (Phi) is 4.71. The van der Waals surface area contributed by atoms with Gasteiger partial charge in [-0.3, -0.25) is 4.79 Å². The van der Waals surface area contributed by atoms with Gasteiger partial charge >= 0.3 is 0 Å². The fourth-order valence-electron chi connectivity index (χ4n) is 1.65. The van der Waals surface area contributed by atoms with E-state index in [-0.39, 0.29) is 17.9 Å². The molecule has 1 aromatic carbocycles. The fraction of sp³-hybridized carbons (Fsp3) is 0.462. The maximum Gasteiger partial charge on any atom is 0.257 e. The number of hydrogen-bond donors (Lipinski definition) is 1. The molecule has 0 aliphatic carbocycles.